The lowest BCUT2D eigenvalue weighted by molar-refractivity contribution is -0.401. The van der Waals surface area contributed by atoms with Gasteiger partial charge >= 0.3 is 17.3 Å². The van der Waals surface area contributed by atoms with Gasteiger partial charge in [0.05, 0.1) is 32.6 Å². The summed E-state index contributed by atoms with van der Waals surface area (Å²) >= 11 is 0. The molecule has 0 aliphatic heterocycles. The van der Waals surface area contributed by atoms with Gasteiger partial charge in [0.25, 0.3) is 5.69 Å². The second-order valence-corrected chi connectivity index (χ2v) is 4.85. The predicted octanol–water partition coefficient (Wildman–Crippen LogP) is 3.08. The second kappa shape index (κ2) is 7.21. The zero-order chi connectivity index (χ0) is 19.4. The number of benzene rings is 2. The number of hydrogen-bond donors (Lipinski definition) is 1. The van der Waals surface area contributed by atoms with E-state index in [9.17, 15) is 35.1 Å². The Kier molecular flexibility index (Phi) is 5.06. The SMILES string of the molecule is CC(=O)Oc1ccccc1Nc1c([N+](=O)[O-])cc([N+](=O)[O-])cc1[N+](=O)[O-]. The molecule has 2 rings (SSSR count). The number of para-hydroxylation sites is 2. The summed E-state index contributed by atoms with van der Waals surface area (Å²) < 4.78 is 4.93. The van der Waals surface area contributed by atoms with Crippen LogP contribution in [-0.2, 0) is 4.79 Å². The van der Waals surface area contributed by atoms with E-state index in [-0.39, 0.29) is 11.4 Å². The summed E-state index contributed by atoms with van der Waals surface area (Å²) in [7, 11) is 0. The number of nitro benzene ring substituents is 3. The van der Waals surface area contributed by atoms with E-state index in [0.29, 0.717) is 12.1 Å². The minimum absolute atomic E-state index is 0.0260. The Balaban J connectivity index is 2.66. The van der Waals surface area contributed by atoms with Crippen LogP contribution in [0.5, 0.6) is 5.75 Å². The van der Waals surface area contributed by atoms with Crippen LogP contribution in [0, 0.1) is 30.3 Å². The van der Waals surface area contributed by atoms with Crippen LogP contribution in [0.2, 0.25) is 0 Å². The number of carbonyl (C=O) groups excluding carboxylic acids is 1. The molecule has 0 saturated carbocycles. The largest absolute Gasteiger partial charge is 0.424 e. The maximum Gasteiger partial charge on any atom is 0.308 e. The molecule has 0 aliphatic carbocycles. The summed E-state index contributed by atoms with van der Waals surface area (Å²) in [6.45, 7) is 1.13. The summed E-state index contributed by atoms with van der Waals surface area (Å²) in [5.74, 6) is -0.700. The zero-order valence-electron chi connectivity index (χ0n) is 13.1. The molecule has 12 heteroatoms. The van der Waals surface area contributed by atoms with Crippen LogP contribution in [-0.4, -0.2) is 20.7 Å². The first-order valence-electron chi connectivity index (χ1n) is 6.86. The molecule has 26 heavy (non-hydrogen) atoms. The van der Waals surface area contributed by atoms with E-state index in [1.54, 1.807) is 0 Å². The molecule has 0 unspecified atom stereocenters. The molecular weight excluding hydrogens is 352 g/mol. The van der Waals surface area contributed by atoms with E-state index in [4.69, 9.17) is 4.74 Å². The smallest absolute Gasteiger partial charge is 0.308 e. The average molecular weight is 362 g/mol. The number of ether oxygens (including phenoxy) is 1. The fourth-order valence-corrected chi connectivity index (χ4v) is 2.07. The lowest BCUT2D eigenvalue weighted by Crippen LogP contribution is -2.06. The van der Waals surface area contributed by atoms with Gasteiger partial charge in [0, 0.05) is 6.92 Å². The van der Waals surface area contributed by atoms with Crippen LogP contribution in [0.15, 0.2) is 36.4 Å². The average Bonchev–Trinajstić information content (AvgIpc) is 2.55. The number of esters is 1. The number of non-ortho nitro benzene ring substituents is 1. The number of nitro groups is 3. The molecule has 0 fully saturated rings. The zero-order valence-corrected chi connectivity index (χ0v) is 13.1. The van der Waals surface area contributed by atoms with Crippen molar-refractivity contribution in [1.82, 2.24) is 0 Å². The van der Waals surface area contributed by atoms with Crippen molar-refractivity contribution in [2.75, 3.05) is 5.32 Å². The summed E-state index contributed by atoms with van der Waals surface area (Å²) in [4.78, 5) is 41.6. The van der Waals surface area contributed by atoms with Crippen molar-refractivity contribution in [3.05, 3.63) is 66.7 Å². The van der Waals surface area contributed by atoms with Crippen LogP contribution in [0.1, 0.15) is 6.92 Å². The summed E-state index contributed by atoms with van der Waals surface area (Å²) in [6.07, 6.45) is 0. The Hall–Kier alpha value is -4.09. The molecular formula is C14H10N4O8. The molecule has 0 spiro atoms. The number of anilines is 2. The second-order valence-electron chi connectivity index (χ2n) is 4.85. The van der Waals surface area contributed by atoms with Crippen molar-refractivity contribution in [3.8, 4) is 5.75 Å². The molecule has 0 atom stereocenters. The van der Waals surface area contributed by atoms with E-state index in [1.165, 1.54) is 24.3 Å². The summed E-state index contributed by atoms with van der Waals surface area (Å²) in [5.41, 5.74) is -3.10. The van der Waals surface area contributed by atoms with Crippen LogP contribution in [0.4, 0.5) is 28.4 Å². The first-order valence-corrected chi connectivity index (χ1v) is 6.86. The first kappa shape index (κ1) is 18.3. The third kappa shape index (κ3) is 3.87. The lowest BCUT2D eigenvalue weighted by atomic mass is 10.2. The maximum absolute atomic E-state index is 11.3. The molecule has 0 radical (unpaired) electrons. The van der Waals surface area contributed by atoms with Gasteiger partial charge in [0.15, 0.2) is 11.4 Å². The quantitative estimate of drug-likeness (QED) is 0.351. The Labute approximate surface area is 144 Å². The van der Waals surface area contributed by atoms with Crippen LogP contribution in [0.25, 0.3) is 0 Å². The number of rotatable bonds is 6. The third-order valence-corrected chi connectivity index (χ3v) is 3.09. The van der Waals surface area contributed by atoms with Crippen molar-refractivity contribution in [1.29, 1.82) is 0 Å². The van der Waals surface area contributed by atoms with Gasteiger partial charge in [-0.15, -0.1) is 0 Å². The molecule has 0 saturated heterocycles. The van der Waals surface area contributed by atoms with Crippen molar-refractivity contribution in [2.24, 2.45) is 0 Å². The summed E-state index contributed by atoms with van der Waals surface area (Å²) in [5, 5.41) is 35.9. The standard InChI is InChI=1S/C14H10N4O8/c1-8(19)26-13-5-3-2-4-10(13)15-14-11(17(22)23)6-9(16(20)21)7-12(14)18(24)25/h2-7,15H,1H3. The van der Waals surface area contributed by atoms with Crippen molar-refractivity contribution >= 4 is 34.4 Å². The molecule has 0 amide bonds. The molecule has 0 aliphatic rings. The van der Waals surface area contributed by atoms with Gasteiger partial charge < -0.3 is 10.1 Å². The van der Waals surface area contributed by atoms with E-state index in [0.717, 1.165) is 6.92 Å². The molecule has 1 N–H and O–H groups in total. The highest BCUT2D eigenvalue weighted by atomic mass is 16.6. The van der Waals surface area contributed by atoms with Gasteiger partial charge in [-0.2, -0.15) is 0 Å². The topological polar surface area (TPSA) is 168 Å². The molecule has 0 bridgehead atoms. The lowest BCUT2D eigenvalue weighted by Gasteiger charge is -2.11. The molecule has 0 aromatic heterocycles. The van der Waals surface area contributed by atoms with Crippen LogP contribution < -0.4 is 10.1 Å². The normalized spacial score (nSPS) is 10.0. The van der Waals surface area contributed by atoms with E-state index >= 15 is 0 Å². The Bertz CT molecular complexity index is 892. The van der Waals surface area contributed by atoms with Gasteiger partial charge in [-0.1, -0.05) is 12.1 Å². The summed E-state index contributed by atoms with van der Waals surface area (Å²) in [6, 6.07) is 6.95. The van der Waals surface area contributed by atoms with Gasteiger partial charge in [0.2, 0.25) is 0 Å². The molecule has 2 aromatic carbocycles. The number of carbonyl (C=O) groups is 1. The minimum Gasteiger partial charge on any atom is -0.424 e. The highest BCUT2D eigenvalue weighted by Crippen LogP contribution is 2.41. The van der Waals surface area contributed by atoms with Gasteiger partial charge in [0.1, 0.15) is 0 Å². The Morgan fingerprint density at radius 1 is 0.962 bits per heavy atom. The van der Waals surface area contributed by atoms with E-state index in [2.05, 4.69) is 5.32 Å². The monoisotopic (exact) mass is 362 g/mol. The maximum atomic E-state index is 11.3. The molecule has 2 aromatic rings. The van der Waals surface area contributed by atoms with Crippen LogP contribution in [0.3, 0.4) is 0 Å². The van der Waals surface area contributed by atoms with Crippen molar-refractivity contribution in [2.45, 2.75) is 6.92 Å². The minimum atomic E-state index is -0.989. The number of nitrogens with zero attached hydrogens (tertiary/aromatic N) is 3. The first-order chi connectivity index (χ1) is 12.2. The third-order valence-electron chi connectivity index (χ3n) is 3.09. The van der Waals surface area contributed by atoms with Gasteiger partial charge in [-0.3, -0.25) is 35.1 Å². The molecule has 0 heterocycles. The fraction of sp³-hybridized carbons (Fsp3) is 0.0714. The van der Waals surface area contributed by atoms with Crippen LogP contribution >= 0.6 is 0 Å². The Morgan fingerprint density at radius 3 is 1.96 bits per heavy atom. The highest BCUT2D eigenvalue weighted by molar-refractivity contribution is 5.83. The van der Waals surface area contributed by atoms with Crippen molar-refractivity contribution in [3.63, 3.8) is 0 Å². The van der Waals surface area contributed by atoms with E-state index < -0.39 is 43.5 Å². The molecule has 12 nitrogen and oxygen atoms in total. The fourth-order valence-electron chi connectivity index (χ4n) is 2.07. The highest BCUT2D eigenvalue weighted by Gasteiger charge is 2.31. The van der Waals surface area contributed by atoms with Gasteiger partial charge in [-0.05, 0) is 12.1 Å². The molecule has 134 valence electrons. The number of hydrogen-bond acceptors (Lipinski definition) is 9. The van der Waals surface area contributed by atoms with Crippen molar-refractivity contribution < 1.29 is 24.3 Å². The van der Waals surface area contributed by atoms with Gasteiger partial charge in [-0.25, -0.2) is 0 Å². The predicted molar refractivity (Wildman–Crippen MR) is 87.4 cm³/mol. The number of nitrogens with one attached hydrogen (secondary N) is 1. The van der Waals surface area contributed by atoms with E-state index in [1.807, 2.05) is 0 Å². The Morgan fingerprint density at radius 2 is 1.50 bits per heavy atom.